The number of hydrogen-bond acceptors (Lipinski definition) is 2. The van der Waals surface area contributed by atoms with E-state index in [4.69, 9.17) is 4.42 Å². The number of allylic oxidation sites excluding steroid dienone is 1. The molecule has 3 aromatic heterocycles. The number of para-hydroxylation sites is 3. The van der Waals surface area contributed by atoms with Gasteiger partial charge in [-0.05, 0) is 94.3 Å². The lowest BCUT2D eigenvalue weighted by molar-refractivity contribution is 0.669. The predicted octanol–water partition coefficient (Wildman–Crippen LogP) is 10.8. The second-order valence-corrected chi connectivity index (χ2v) is 19.7. The fraction of sp³-hybridized carbons (Fsp3) is 0.0364. The Morgan fingerprint density at radius 1 is 0.467 bits per heavy atom. The molecule has 0 N–H and O–H groups in total. The maximum atomic E-state index is 10.8. The van der Waals surface area contributed by atoms with Gasteiger partial charge in [-0.3, -0.25) is 0 Å². The lowest BCUT2D eigenvalue weighted by atomic mass is 10.0. The molecule has 3 heterocycles. The third-order valence-corrected chi connectivity index (χ3v) is 17.4. The normalized spacial score (nSPS) is 12.8. The minimum absolute atomic E-state index is 0.652. The summed E-state index contributed by atoms with van der Waals surface area (Å²) in [5.74, 6) is 0. The van der Waals surface area contributed by atoms with E-state index in [1.165, 1.54) is 37.6 Å². The van der Waals surface area contributed by atoms with Crippen LogP contribution in [0.15, 0.2) is 199 Å². The molecular weight excluding hydrogens is 747 g/mol. The Morgan fingerprint density at radius 2 is 1.12 bits per heavy atom. The van der Waals surface area contributed by atoms with Crippen molar-refractivity contribution in [1.82, 2.24) is 9.13 Å². The Balaban J connectivity index is 1.17. The summed E-state index contributed by atoms with van der Waals surface area (Å²) in [6, 6.07) is 70.7. The van der Waals surface area contributed by atoms with E-state index in [2.05, 4.69) is 203 Å². The molecule has 0 spiro atoms. The predicted molar refractivity (Wildman–Crippen MR) is 251 cm³/mol. The van der Waals surface area contributed by atoms with Crippen LogP contribution in [0, 0.1) is 11.3 Å². The molecule has 0 saturated carbocycles. The van der Waals surface area contributed by atoms with Gasteiger partial charge in [0.1, 0.15) is 11.2 Å². The van der Waals surface area contributed by atoms with Crippen molar-refractivity contribution >= 4 is 89.5 Å². The molecule has 0 atom stereocenters. The molecule has 60 heavy (non-hydrogen) atoms. The van der Waals surface area contributed by atoms with Crippen molar-refractivity contribution < 1.29 is 4.42 Å². The summed E-state index contributed by atoms with van der Waals surface area (Å²) in [5.41, 5.74) is 10.5. The summed E-state index contributed by atoms with van der Waals surface area (Å²) in [4.78, 5) is 0. The van der Waals surface area contributed by atoms with E-state index in [1.54, 1.807) is 0 Å². The standard InChI is InChI=1S/C55H37N3OSi/c56-36-37-30-39(58-50-26-11-7-22-44(50)45-23-8-12-27-51(45)58)33-43(31-37)60(40-17-3-1-4-18-40,41-19-5-2-6-20-41)42-21-15-16-38(32-42)57-52-28-13-9-24-46(52)48-35-55-49(34-53(48)57)47-25-10-14-29-54(47)59-55/h1-11,13-26,28-35H,12,27H2. The fourth-order valence-electron chi connectivity index (χ4n) is 10.2. The maximum Gasteiger partial charge on any atom is 0.179 e. The number of nitriles is 1. The van der Waals surface area contributed by atoms with Crippen LogP contribution in [0.25, 0.3) is 72.1 Å². The molecule has 4 nitrogen and oxygen atoms in total. The van der Waals surface area contributed by atoms with Gasteiger partial charge in [0, 0.05) is 49.6 Å². The molecule has 0 unspecified atom stereocenters. The molecule has 0 fully saturated rings. The highest BCUT2D eigenvalue weighted by atomic mass is 28.3. The van der Waals surface area contributed by atoms with Gasteiger partial charge in [0.05, 0.1) is 28.2 Å². The zero-order chi connectivity index (χ0) is 39.8. The van der Waals surface area contributed by atoms with Crippen molar-refractivity contribution in [2.24, 2.45) is 0 Å². The molecule has 11 aromatic rings. The molecule has 5 heteroatoms. The number of benzene rings is 8. The molecule has 0 amide bonds. The summed E-state index contributed by atoms with van der Waals surface area (Å²) < 4.78 is 11.3. The van der Waals surface area contributed by atoms with Crippen LogP contribution in [0.4, 0.5) is 0 Å². The van der Waals surface area contributed by atoms with Crippen LogP contribution >= 0.6 is 0 Å². The summed E-state index contributed by atoms with van der Waals surface area (Å²) in [6.07, 6.45) is 6.48. The maximum absolute atomic E-state index is 10.8. The molecule has 0 saturated heterocycles. The average Bonchev–Trinajstić information content (AvgIpc) is 3.96. The second kappa shape index (κ2) is 13.5. The van der Waals surface area contributed by atoms with Crippen molar-refractivity contribution in [3.63, 3.8) is 0 Å². The summed E-state index contributed by atoms with van der Waals surface area (Å²) in [6.45, 7) is 0. The number of fused-ring (bicyclic) bond motifs is 9. The molecule has 1 aliphatic rings. The zero-order valence-corrected chi connectivity index (χ0v) is 33.7. The third kappa shape index (κ3) is 5.02. The van der Waals surface area contributed by atoms with E-state index in [0.717, 1.165) is 73.3 Å². The van der Waals surface area contributed by atoms with Crippen LogP contribution in [-0.2, 0) is 6.42 Å². The minimum atomic E-state index is -3.15. The number of hydrogen-bond donors (Lipinski definition) is 0. The highest BCUT2D eigenvalue weighted by Crippen LogP contribution is 2.39. The monoisotopic (exact) mass is 783 g/mol. The van der Waals surface area contributed by atoms with E-state index in [1.807, 2.05) is 12.1 Å². The van der Waals surface area contributed by atoms with Gasteiger partial charge in [0.15, 0.2) is 8.07 Å². The van der Waals surface area contributed by atoms with Gasteiger partial charge < -0.3 is 13.6 Å². The first-order valence-corrected chi connectivity index (χ1v) is 22.6. The van der Waals surface area contributed by atoms with Gasteiger partial charge in [-0.1, -0.05) is 140 Å². The molecule has 1 aliphatic carbocycles. The minimum Gasteiger partial charge on any atom is -0.456 e. The van der Waals surface area contributed by atoms with Crippen LogP contribution in [0.2, 0.25) is 0 Å². The Labute approximate surface area is 348 Å². The van der Waals surface area contributed by atoms with Crippen molar-refractivity contribution in [1.29, 1.82) is 5.26 Å². The van der Waals surface area contributed by atoms with Gasteiger partial charge in [-0.15, -0.1) is 0 Å². The lowest BCUT2D eigenvalue weighted by Crippen LogP contribution is -2.74. The van der Waals surface area contributed by atoms with Gasteiger partial charge in [-0.2, -0.15) is 5.26 Å². The van der Waals surface area contributed by atoms with E-state index in [0.29, 0.717) is 5.56 Å². The Hall–Kier alpha value is -7.65. The molecule has 282 valence electrons. The van der Waals surface area contributed by atoms with Gasteiger partial charge in [0.25, 0.3) is 0 Å². The number of furan rings is 1. The third-order valence-electron chi connectivity index (χ3n) is 12.7. The van der Waals surface area contributed by atoms with Crippen molar-refractivity contribution in [2.75, 3.05) is 0 Å². The smallest absolute Gasteiger partial charge is 0.179 e. The second-order valence-electron chi connectivity index (χ2n) is 15.9. The SMILES string of the molecule is N#Cc1cc(-n2c3c(c4ccccc42)C=CCC3)cc([Si](c2ccccc2)(c2ccccc2)c2cccc(-n3c4ccccc4c4cc5oc6ccccc6c5cc43)c2)c1. The number of rotatable bonds is 6. The summed E-state index contributed by atoms with van der Waals surface area (Å²) in [5, 5.41) is 21.5. The van der Waals surface area contributed by atoms with Gasteiger partial charge >= 0.3 is 0 Å². The summed E-state index contributed by atoms with van der Waals surface area (Å²) in [7, 11) is -3.15. The van der Waals surface area contributed by atoms with E-state index in [9.17, 15) is 5.26 Å². The molecule has 0 bridgehead atoms. The Kier molecular flexibility index (Phi) is 7.71. The van der Waals surface area contributed by atoms with Crippen molar-refractivity contribution in [2.45, 2.75) is 12.8 Å². The molecule has 0 aliphatic heterocycles. The Bertz CT molecular complexity index is 3530. The highest BCUT2D eigenvalue weighted by molar-refractivity contribution is 7.20. The van der Waals surface area contributed by atoms with E-state index in [-0.39, 0.29) is 0 Å². The van der Waals surface area contributed by atoms with Crippen molar-refractivity contribution in [3.8, 4) is 17.4 Å². The van der Waals surface area contributed by atoms with Gasteiger partial charge in [0.2, 0.25) is 0 Å². The Morgan fingerprint density at radius 3 is 1.88 bits per heavy atom. The molecular formula is C55H37N3OSi. The fourth-order valence-corrected chi connectivity index (χ4v) is 15.0. The van der Waals surface area contributed by atoms with E-state index >= 15 is 0 Å². The first-order valence-electron chi connectivity index (χ1n) is 20.6. The van der Waals surface area contributed by atoms with Crippen LogP contribution in [-0.4, -0.2) is 17.2 Å². The first-order chi connectivity index (χ1) is 29.7. The summed E-state index contributed by atoms with van der Waals surface area (Å²) >= 11 is 0. The zero-order valence-electron chi connectivity index (χ0n) is 32.7. The average molecular weight is 784 g/mol. The topological polar surface area (TPSA) is 46.8 Å². The van der Waals surface area contributed by atoms with Crippen LogP contribution in [0.1, 0.15) is 23.2 Å². The van der Waals surface area contributed by atoms with Gasteiger partial charge in [-0.25, -0.2) is 0 Å². The first kappa shape index (κ1) is 34.4. The quantitative estimate of drug-likeness (QED) is 0.125. The number of aromatic nitrogens is 2. The largest absolute Gasteiger partial charge is 0.456 e. The van der Waals surface area contributed by atoms with Crippen LogP contribution in [0.3, 0.4) is 0 Å². The van der Waals surface area contributed by atoms with Crippen LogP contribution in [0.5, 0.6) is 0 Å². The highest BCUT2D eigenvalue weighted by Gasteiger charge is 2.42. The van der Waals surface area contributed by atoms with Crippen molar-refractivity contribution in [3.05, 3.63) is 211 Å². The molecule has 0 radical (unpaired) electrons. The molecule has 8 aromatic carbocycles. The lowest BCUT2D eigenvalue weighted by Gasteiger charge is -2.35. The van der Waals surface area contributed by atoms with Crippen LogP contribution < -0.4 is 20.7 Å². The number of nitrogens with zero attached hydrogens (tertiary/aromatic N) is 3. The molecule has 12 rings (SSSR count). The van der Waals surface area contributed by atoms with E-state index < -0.39 is 8.07 Å².